The van der Waals surface area contributed by atoms with E-state index in [0.717, 1.165) is 48.7 Å². The van der Waals surface area contributed by atoms with Gasteiger partial charge < -0.3 is 0 Å². The summed E-state index contributed by atoms with van der Waals surface area (Å²) in [5.41, 5.74) is 9.13. The van der Waals surface area contributed by atoms with Crippen LogP contribution in [0.1, 0.15) is 104 Å². The van der Waals surface area contributed by atoms with E-state index in [0.29, 0.717) is 0 Å². The van der Waals surface area contributed by atoms with E-state index in [-0.39, 0.29) is 0 Å². The zero-order chi connectivity index (χ0) is 55.8. The fourth-order valence-corrected chi connectivity index (χ4v) is 42.6. The van der Waals surface area contributed by atoms with Crippen molar-refractivity contribution in [2.24, 2.45) is 0 Å². The van der Waals surface area contributed by atoms with Crippen LogP contribution < -0.4 is 0 Å². The van der Waals surface area contributed by atoms with Crippen LogP contribution in [0.3, 0.4) is 0 Å². The molecule has 9 rings (SSSR count). The Labute approximate surface area is 582 Å². The first-order valence-electron chi connectivity index (χ1n) is 26.3. The largest absolute Gasteiger partial charge is 0.121 e. The molecule has 0 fully saturated rings. The van der Waals surface area contributed by atoms with Crippen molar-refractivity contribution in [2.45, 2.75) is 104 Å². The molecule has 0 atom stereocenters. The summed E-state index contributed by atoms with van der Waals surface area (Å²) in [6, 6.07) is 0. The normalized spacial score (nSPS) is 24.0. The number of hydrogen-bond donors (Lipinski definition) is 0. The number of thioether (sulfide) groups is 24. The fourth-order valence-electron chi connectivity index (χ4n) is 8.29. The molecule has 434 valence electrons. The van der Waals surface area contributed by atoms with Gasteiger partial charge in [0.2, 0.25) is 0 Å². The molecule has 3 aliphatic carbocycles. The summed E-state index contributed by atoms with van der Waals surface area (Å²) in [5, 5.41) is 2.07. The molecule has 0 aromatic carbocycles. The number of rotatable bonds is 26. The number of hydrogen-bond acceptors (Lipinski definition) is 24. The Kier molecular flexibility index (Phi) is 31.6. The summed E-state index contributed by atoms with van der Waals surface area (Å²) in [6.07, 6.45) is 45.3. The Morgan fingerprint density at radius 2 is 0.463 bits per heavy atom. The van der Waals surface area contributed by atoms with E-state index < -0.39 is 0 Å². The highest BCUT2D eigenvalue weighted by molar-refractivity contribution is 8.46. The highest BCUT2D eigenvalue weighted by atomic mass is 32.3. The van der Waals surface area contributed by atoms with E-state index >= 15 is 0 Å². The van der Waals surface area contributed by atoms with Crippen LogP contribution in [0, 0.1) is 0 Å². The molecule has 0 nitrogen and oxygen atoms in total. The molecule has 0 unspecified atom stereocenters. The Bertz CT molecular complexity index is 2620. The lowest BCUT2D eigenvalue weighted by Gasteiger charge is -2.15. The summed E-state index contributed by atoms with van der Waals surface area (Å²) in [5.74, 6) is 2.43. The average molecular weight is 1510 g/mol. The molecule has 0 bridgehead atoms. The van der Waals surface area contributed by atoms with Crippen molar-refractivity contribution >= 4 is 282 Å². The summed E-state index contributed by atoms with van der Waals surface area (Å²) in [4.78, 5) is 0. The van der Waals surface area contributed by atoms with E-state index in [9.17, 15) is 0 Å². The quantitative estimate of drug-likeness (QED) is 0.0595. The maximum absolute atomic E-state index is 2.47. The van der Waals surface area contributed by atoms with Gasteiger partial charge in [-0.1, -0.05) is 230 Å². The van der Waals surface area contributed by atoms with Crippen molar-refractivity contribution in [3.8, 4) is 0 Å². The van der Waals surface area contributed by atoms with Crippen LogP contribution in [0.2, 0.25) is 0 Å². The van der Waals surface area contributed by atoms with Gasteiger partial charge in [0, 0.05) is 10.2 Å². The molecule has 0 aromatic rings. The molecule has 6 heterocycles. The van der Waals surface area contributed by atoms with E-state index in [1.807, 2.05) is 141 Å². The van der Waals surface area contributed by atoms with Crippen molar-refractivity contribution in [2.75, 3.05) is 59.2 Å². The van der Waals surface area contributed by atoms with Crippen LogP contribution in [0.25, 0.3) is 0 Å². The predicted molar refractivity (Wildman–Crippen MR) is 425 cm³/mol. The van der Waals surface area contributed by atoms with Crippen LogP contribution >= 0.6 is 282 Å². The first kappa shape index (κ1) is 68.9. The second kappa shape index (κ2) is 36.7. The Morgan fingerprint density at radius 3 is 0.650 bits per heavy atom. The van der Waals surface area contributed by atoms with Gasteiger partial charge in [0.05, 0.1) is 76.3 Å². The van der Waals surface area contributed by atoms with Crippen molar-refractivity contribution in [3.05, 3.63) is 146 Å². The van der Waals surface area contributed by atoms with Gasteiger partial charge in [0.25, 0.3) is 0 Å². The monoisotopic (exact) mass is 1510 g/mol. The molecule has 6 aliphatic heterocycles. The Balaban J connectivity index is 0.906. The summed E-state index contributed by atoms with van der Waals surface area (Å²) >= 11 is 48.4. The minimum absolute atomic E-state index is 1.03. The topological polar surface area (TPSA) is 0 Å². The van der Waals surface area contributed by atoms with Crippen LogP contribution in [-0.4, -0.2) is 59.2 Å². The predicted octanol–water partition coefficient (Wildman–Crippen LogP) is 28.6. The average Bonchev–Trinajstić information content (AvgIpc) is 4.41. The minimum Gasteiger partial charge on any atom is -0.121 e. The van der Waals surface area contributed by atoms with Crippen molar-refractivity contribution < 1.29 is 0 Å². The molecular weight excluding hydrogens is 1440 g/mol. The van der Waals surface area contributed by atoms with Gasteiger partial charge in [-0.25, -0.2) is 0 Å². The molecule has 0 radical (unpaired) electrons. The molecule has 0 saturated carbocycles. The third kappa shape index (κ3) is 19.3. The summed E-state index contributed by atoms with van der Waals surface area (Å²) < 4.78 is 27.0. The van der Waals surface area contributed by atoms with Crippen LogP contribution in [-0.2, 0) is 0 Å². The smallest absolute Gasteiger partial charge is 0.0668 e. The second-order valence-corrected chi connectivity index (χ2v) is 46.6. The van der Waals surface area contributed by atoms with Crippen molar-refractivity contribution in [1.82, 2.24) is 0 Å². The summed E-state index contributed by atoms with van der Waals surface area (Å²) in [7, 11) is 0. The Hall–Kier alpha value is 4.50. The maximum atomic E-state index is 2.47. The molecule has 0 aromatic heterocycles. The van der Waals surface area contributed by atoms with E-state index in [2.05, 4.69) is 229 Å². The molecule has 0 spiro atoms. The zero-order valence-corrected chi connectivity index (χ0v) is 65.6. The highest BCUT2D eigenvalue weighted by Crippen LogP contribution is 2.66. The third-order valence-electron chi connectivity index (χ3n) is 12.6. The van der Waals surface area contributed by atoms with Gasteiger partial charge in [-0.2, -0.15) is 0 Å². The van der Waals surface area contributed by atoms with Crippen molar-refractivity contribution in [1.29, 1.82) is 0 Å². The first-order valence-corrected chi connectivity index (χ1v) is 49.4. The van der Waals surface area contributed by atoms with Gasteiger partial charge in [-0.15, -0.1) is 141 Å². The fraction of sp³-hybridized carbons (Fsp3) is 0.464. The molecule has 80 heavy (non-hydrogen) atoms. The van der Waals surface area contributed by atoms with E-state index in [1.165, 1.54) is 164 Å². The van der Waals surface area contributed by atoms with Gasteiger partial charge in [-0.05, 0) is 134 Å². The maximum Gasteiger partial charge on any atom is 0.0668 e. The zero-order valence-electron chi connectivity index (χ0n) is 46.0. The lowest BCUT2D eigenvalue weighted by Crippen LogP contribution is -1.93. The Morgan fingerprint density at radius 1 is 0.263 bits per heavy atom. The molecular formula is C56H66S24. The van der Waals surface area contributed by atoms with Gasteiger partial charge in [0.1, 0.15) is 0 Å². The molecule has 9 aliphatic rings. The second-order valence-electron chi connectivity index (χ2n) is 17.9. The standard InChI is InChI=1S/C56H66S24/c1-9-11-13-15-29-63-51-53(77-42(75-51)36-23-17-33(18-24-36)39-69-45(57-3)46(58-4)70-39)65-31-67-55-56(80-44(79-55)38-27-21-35(22-28-38)41-73-49(61-7)50(62-8)74-41)68-32-66-54-52(64-30-16-14-12-10-2)76-43(78-54)37-25-19-34(20-26-37)40-71-47(59-5)48(60-6)72-40/h17,19,21,23,25,27H,9-16,18,20,22,24,26,28-32H2,1-8H3/b42-36-,43-37+,44-38?. The van der Waals surface area contributed by atoms with Gasteiger partial charge in [0.15, 0.2) is 0 Å². The van der Waals surface area contributed by atoms with E-state index in [1.54, 1.807) is 8.47 Å². The lowest BCUT2D eigenvalue weighted by molar-refractivity contribution is 0.707. The molecule has 24 heteroatoms. The summed E-state index contributed by atoms with van der Waals surface area (Å²) in [6.45, 7) is 4.65. The SMILES string of the molecule is CCCCCCSC1=C(SCSC2=C(SCSC3=C(SCCCCCC)S/C(=C4\C=CC(=C5SC(SC)=C(SC)S5)CC4)S3)SC(=C3C=CC(=C4SC(SC)=C(SC)S4)CC3)S2)S/C(=C2\C=CC(=C3SC(SC)=C(SC)S3)CC2)S1. The minimum atomic E-state index is 1.03. The van der Waals surface area contributed by atoms with Crippen LogP contribution in [0.5, 0.6) is 0 Å². The number of allylic oxidation sites excluding steroid dienone is 12. The highest BCUT2D eigenvalue weighted by Gasteiger charge is 2.32. The molecule has 0 N–H and O–H groups in total. The molecule has 0 amide bonds. The van der Waals surface area contributed by atoms with Gasteiger partial charge in [-0.3, -0.25) is 0 Å². The van der Waals surface area contributed by atoms with Gasteiger partial charge >= 0.3 is 0 Å². The van der Waals surface area contributed by atoms with Crippen LogP contribution in [0.15, 0.2) is 146 Å². The van der Waals surface area contributed by atoms with Crippen LogP contribution in [0.4, 0.5) is 0 Å². The third-order valence-corrected chi connectivity index (χ3v) is 46.0. The molecule has 0 saturated heterocycles. The first-order chi connectivity index (χ1) is 39.3. The van der Waals surface area contributed by atoms with E-state index in [4.69, 9.17) is 0 Å². The number of unbranched alkanes of at least 4 members (excludes halogenated alkanes) is 6. The lowest BCUT2D eigenvalue weighted by atomic mass is 10.00. The van der Waals surface area contributed by atoms with Crippen molar-refractivity contribution in [3.63, 3.8) is 0 Å².